The summed E-state index contributed by atoms with van der Waals surface area (Å²) in [5.41, 5.74) is 5.06. The van der Waals surface area contributed by atoms with Crippen molar-refractivity contribution >= 4 is 0 Å². The lowest BCUT2D eigenvalue weighted by Gasteiger charge is -1.94. The molecule has 0 aliphatic heterocycles. The van der Waals surface area contributed by atoms with Crippen LogP contribution in [0.5, 0.6) is 0 Å². The molecule has 0 saturated carbocycles. The third-order valence-corrected chi connectivity index (χ3v) is 0.951. The Balaban J connectivity index is 2.98. The van der Waals surface area contributed by atoms with Crippen molar-refractivity contribution in [3.63, 3.8) is 0 Å². The molecule has 0 aliphatic carbocycles. The normalized spacial score (nSPS) is 13.6. The van der Waals surface area contributed by atoms with Gasteiger partial charge in [-0.25, -0.2) is 9.89 Å². The summed E-state index contributed by atoms with van der Waals surface area (Å²) in [4.78, 5) is 12.8. The minimum absolute atomic E-state index is 0.219. The van der Waals surface area contributed by atoms with Crippen molar-refractivity contribution in [1.29, 1.82) is 0 Å². The molecule has 0 spiro atoms. The van der Waals surface area contributed by atoms with Gasteiger partial charge in [-0.15, -0.1) is 0 Å². The lowest BCUT2D eigenvalue weighted by atomic mass is 10.4. The summed E-state index contributed by atoms with van der Waals surface area (Å²) in [6.07, 6.45) is 0. The minimum atomic E-state index is -0.317. The molecule has 0 aliphatic rings. The lowest BCUT2D eigenvalue weighted by Crippen LogP contribution is -2.08. The van der Waals surface area contributed by atoms with Crippen molar-refractivity contribution in [2.75, 3.05) is 0 Å². The van der Waals surface area contributed by atoms with E-state index in [-0.39, 0.29) is 11.7 Å². The highest BCUT2D eigenvalue weighted by atomic mass is 16.1. The van der Waals surface area contributed by atoms with Crippen LogP contribution >= 0.6 is 0 Å². The van der Waals surface area contributed by atoms with Crippen molar-refractivity contribution in [1.82, 2.24) is 15.2 Å². The van der Waals surface area contributed by atoms with Gasteiger partial charge in [-0.1, -0.05) is 0 Å². The summed E-state index contributed by atoms with van der Waals surface area (Å²) in [6.45, 7) is 1.74. The number of rotatable bonds is 1. The molecule has 9 heavy (non-hydrogen) atoms. The second kappa shape index (κ2) is 2.02. The Bertz CT molecular complexity index is 235. The van der Waals surface area contributed by atoms with Crippen LogP contribution in [0.2, 0.25) is 0 Å². The second-order valence-electron chi connectivity index (χ2n) is 1.85. The van der Waals surface area contributed by atoms with Crippen LogP contribution in [0.4, 0.5) is 0 Å². The first-order valence-electron chi connectivity index (χ1n) is 2.60. The van der Waals surface area contributed by atoms with E-state index in [1.807, 2.05) is 0 Å². The zero-order chi connectivity index (χ0) is 6.85. The fourth-order valence-corrected chi connectivity index (χ4v) is 0.499. The van der Waals surface area contributed by atoms with E-state index >= 15 is 0 Å². The number of nitrogens with one attached hydrogen (secondary N) is 2. The zero-order valence-electron chi connectivity index (χ0n) is 5.01. The van der Waals surface area contributed by atoms with Gasteiger partial charge in [0.25, 0.3) is 0 Å². The van der Waals surface area contributed by atoms with Crippen LogP contribution in [0, 0.1) is 0 Å². The van der Waals surface area contributed by atoms with E-state index in [9.17, 15) is 4.79 Å². The summed E-state index contributed by atoms with van der Waals surface area (Å²) in [7, 11) is 0. The molecule has 1 heterocycles. The Hall–Kier alpha value is -1.10. The molecule has 1 atom stereocenters. The van der Waals surface area contributed by atoms with Gasteiger partial charge < -0.3 is 5.73 Å². The van der Waals surface area contributed by atoms with Gasteiger partial charge in [-0.3, -0.25) is 4.98 Å². The predicted octanol–water partition coefficient (Wildman–Crippen LogP) is -0.882. The van der Waals surface area contributed by atoms with Crippen LogP contribution in [0.1, 0.15) is 18.8 Å². The summed E-state index contributed by atoms with van der Waals surface area (Å²) in [5.74, 6) is 0.486. The van der Waals surface area contributed by atoms with Gasteiger partial charge in [0.15, 0.2) is 0 Å². The average Bonchev–Trinajstić information content (AvgIpc) is 2.14. The Labute approximate surface area is 51.3 Å². The van der Waals surface area contributed by atoms with Gasteiger partial charge in [0, 0.05) is 0 Å². The van der Waals surface area contributed by atoms with Gasteiger partial charge >= 0.3 is 5.69 Å². The SMILES string of the molecule is CC(N)c1n[nH]c(=O)[nH]1. The molecule has 0 aromatic carbocycles. The topological polar surface area (TPSA) is 87.6 Å². The van der Waals surface area contributed by atoms with E-state index in [4.69, 9.17) is 5.73 Å². The maximum atomic E-state index is 10.4. The molecule has 0 saturated heterocycles. The highest BCUT2D eigenvalue weighted by molar-refractivity contribution is 4.86. The molecular weight excluding hydrogens is 120 g/mol. The highest BCUT2D eigenvalue weighted by Crippen LogP contribution is 1.94. The number of H-pyrrole nitrogens is 2. The molecule has 0 bridgehead atoms. The fourth-order valence-electron chi connectivity index (χ4n) is 0.499. The van der Waals surface area contributed by atoms with E-state index < -0.39 is 0 Å². The molecule has 50 valence electrons. The predicted molar refractivity (Wildman–Crippen MR) is 31.8 cm³/mol. The van der Waals surface area contributed by atoms with E-state index in [0.717, 1.165) is 0 Å². The van der Waals surface area contributed by atoms with Gasteiger partial charge in [0.1, 0.15) is 5.82 Å². The fraction of sp³-hybridized carbons (Fsp3) is 0.500. The average molecular weight is 128 g/mol. The van der Waals surface area contributed by atoms with Crippen LogP contribution < -0.4 is 11.4 Å². The third-order valence-electron chi connectivity index (χ3n) is 0.951. The highest BCUT2D eigenvalue weighted by Gasteiger charge is 2.01. The van der Waals surface area contributed by atoms with Crippen LogP contribution in [-0.4, -0.2) is 15.2 Å². The Morgan fingerprint density at radius 1 is 1.78 bits per heavy atom. The molecule has 0 amide bonds. The van der Waals surface area contributed by atoms with Crippen molar-refractivity contribution in [2.45, 2.75) is 13.0 Å². The molecule has 5 heteroatoms. The second-order valence-corrected chi connectivity index (χ2v) is 1.85. The van der Waals surface area contributed by atoms with Crippen LogP contribution in [0.15, 0.2) is 4.79 Å². The number of aromatic amines is 2. The van der Waals surface area contributed by atoms with E-state index in [0.29, 0.717) is 5.82 Å². The Morgan fingerprint density at radius 2 is 2.44 bits per heavy atom. The monoisotopic (exact) mass is 128 g/mol. The van der Waals surface area contributed by atoms with Gasteiger partial charge in [0.05, 0.1) is 6.04 Å². The summed E-state index contributed by atoms with van der Waals surface area (Å²) in [6, 6.07) is -0.219. The number of hydrogen-bond donors (Lipinski definition) is 3. The molecule has 1 aromatic rings. The number of aromatic nitrogens is 3. The van der Waals surface area contributed by atoms with Crippen LogP contribution in [-0.2, 0) is 0 Å². The number of hydrogen-bond acceptors (Lipinski definition) is 3. The van der Waals surface area contributed by atoms with Gasteiger partial charge in [-0.2, -0.15) is 5.10 Å². The first-order valence-corrected chi connectivity index (χ1v) is 2.60. The van der Waals surface area contributed by atoms with Crippen LogP contribution in [0.25, 0.3) is 0 Å². The minimum Gasteiger partial charge on any atom is -0.322 e. The van der Waals surface area contributed by atoms with Gasteiger partial charge in [0.2, 0.25) is 0 Å². The maximum absolute atomic E-state index is 10.4. The first-order chi connectivity index (χ1) is 4.20. The van der Waals surface area contributed by atoms with Gasteiger partial charge in [-0.05, 0) is 6.92 Å². The summed E-state index contributed by atoms with van der Waals surface area (Å²) < 4.78 is 0. The molecule has 5 nitrogen and oxygen atoms in total. The van der Waals surface area contributed by atoms with Crippen molar-refractivity contribution in [2.24, 2.45) is 5.73 Å². The van der Waals surface area contributed by atoms with Crippen LogP contribution in [0.3, 0.4) is 0 Å². The molecule has 0 radical (unpaired) electrons. The van der Waals surface area contributed by atoms with Crippen molar-refractivity contribution < 1.29 is 0 Å². The van der Waals surface area contributed by atoms with E-state index in [1.165, 1.54) is 0 Å². The standard InChI is InChI=1S/C4H8N4O/c1-2(5)3-6-4(9)8-7-3/h2H,5H2,1H3,(H2,6,7,8,9). The maximum Gasteiger partial charge on any atom is 0.340 e. The van der Waals surface area contributed by atoms with Crippen molar-refractivity contribution in [3.05, 3.63) is 16.3 Å². The Kier molecular flexibility index (Phi) is 1.35. The Morgan fingerprint density at radius 3 is 2.67 bits per heavy atom. The van der Waals surface area contributed by atoms with Crippen molar-refractivity contribution in [3.8, 4) is 0 Å². The zero-order valence-corrected chi connectivity index (χ0v) is 5.01. The first kappa shape index (κ1) is 6.03. The third kappa shape index (κ3) is 1.17. The number of nitrogens with zero attached hydrogens (tertiary/aromatic N) is 1. The quantitative estimate of drug-likeness (QED) is 0.458. The lowest BCUT2D eigenvalue weighted by molar-refractivity contribution is 0.745. The molecule has 0 fully saturated rings. The molecule has 4 N–H and O–H groups in total. The van der Waals surface area contributed by atoms with E-state index in [1.54, 1.807) is 6.92 Å². The molecular formula is C4H8N4O. The van der Waals surface area contributed by atoms with E-state index in [2.05, 4.69) is 15.2 Å². The molecule has 1 unspecified atom stereocenters. The number of nitrogens with two attached hydrogens (primary N) is 1. The summed E-state index contributed by atoms with van der Waals surface area (Å²) in [5, 5.41) is 5.81. The summed E-state index contributed by atoms with van der Waals surface area (Å²) >= 11 is 0. The smallest absolute Gasteiger partial charge is 0.322 e. The molecule has 1 rings (SSSR count). The largest absolute Gasteiger partial charge is 0.340 e. The molecule has 1 aromatic heterocycles.